The molecular formula is C15H18F3N3. The predicted octanol–water partition coefficient (Wildman–Crippen LogP) is 3.42. The predicted molar refractivity (Wildman–Crippen MR) is 78.6 cm³/mol. The van der Waals surface area contributed by atoms with Gasteiger partial charge in [-0.15, -0.1) is 0 Å². The smallest absolute Gasteiger partial charge is 0.385 e. The van der Waals surface area contributed by atoms with Crippen molar-refractivity contribution in [3.8, 4) is 0 Å². The number of nitrogens with one attached hydrogen (secondary N) is 1. The van der Waals surface area contributed by atoms with E-state index in [4.69, 9.17) is 0 Å². The molecule has 0 aromatic carbocycles. The number of aliphatic imine (C=N–C) groups is 2. The average molecular weight is 297 g/mol. The van der Waals surface area contributed by atoms with Gasteiger partial charge in [0.15, 0.2) is 0 Å². The van der Waals surface area contributed by atoms with Gasteiger partial charge >= 0.3 is 6.18 Å². The second-order valence-corrected chi connectivity index (χ2v) is 5.16. The highest BCUT2D eigenvalue weighted by Crippen LogP contribution is 2.25. The van der Waals surface area contributed by atoms with Crippen LogP contribution in [0.5, 0.6) is 0 Å². The van der Waals surface area contributed by atoms with Gasteiger partial charge in [-0.25, -0.2) is 4.99 Å². The molecule has 0 aromatic heterocycles. The molecule has 1 atom stereocenters. The monoisotopic (exact) mass is 297 g/mol. The molecule has 1 aliphatic heterocycles. The van der Waals surface area contributed by atoms with Crippen molar-refractivity contribution >= 4 is 11.5 Å². The van der Waals surface area contributed by atoms with Crippen LogP contribution in [-0.4, -0.2) is 30.8 Å². The van der Waals surface area contributed by atoms with Gasteiger partial charge in [-0.1, -0.05) is 24.8 Å². The van der Waals surface area contributed by atoms with Gasteiger partial charge in [0.25, 0.3) is 0 Å². The normalized spacial score (nSPS) is 22.3. The lowest BCUT2D eigenvalue weighted by Crippen LogP contribution is -2.29. The third-order valence-corrected chi connectivity index (χ3v) is 3.30. The number of halogens is 3. The standard InChI is InChI=1S/C15H18F3N3/c1-10(2)20-9-11-3-5-12(6-4-11)14-19-8-7-13(21-14)15(16,17)18/h3-5,12,20H,1,6-9H2,2H3. The van der Waals surface area contributed by atoms with E-state index in [1.165, 1.54) is 0 Å². The fourth-order valence-electron chi connectivity index (χ4n) is 2.15. The maximum absolute atomic E-state index is 12.7. The minimum atomic E-state index is -4.36. The van der Waals surface area contributed by atoms with Crippen molar-refractivity contribution in [1.29, 1.82) is 0 Å². The lowest BCUT2D eigenvalue weighted by atomic mass is 9.95. The Morgan fingerprint density at radius 2 is 2.24 bits per heavy atom. The van der Waals surface area contributed by atoms with Gasteiger partial charge < -0.3 is 5.32 Å². The molecule has 1 heterocycles. The molecule has 1 unspecified atom stereocenters. The van der Waals surface area contributed by atoms with Crippen molar-refractivity contribution in [1.82, 2.24) is 5.32 Å². The molecule has 21 heavy (non-hydrogen) atoms. The number of allylic oxidation sites excluding steroid dienone is 2. The Morgan fingerprint density at radius 1 is 1.48 bits per heavy atom. The Kier molecular flexibility index (Phi) is 4.65. The third kappa shape index (κ3) is 4.31. The van der Waals surface area contributed by atoms with E-state index in [1.807, 2.05) is 25.2 Å². The molecule has 0 saturated heterocycles. The van der Waals surface area contributed by atoms with E-state index in [9.17, 15) is 13.2 Å². The molecule has 3 nitrogen and oxygen atoms in total. The van der Waals surface area contributed by atoms with Gasteiger partial charge in [-0.2, -0.15) is 13.2 Å². The molecule has 0 amide bonds. The van der Waals surface area contributed by atoms with Crippen LogP contribution in [0.2, 0.25) is 0 Å². The zero-order valence-electron chi connectivity index (χ0n) is 11.9. The van der Waals surface area contributed by atoms with Crippen LogP contribution >= 0.6 is 0 Å². The number of rotatable bonds is 4. The fourth-order valence-corrected chi connectivity index (χ4v) is 2.15. The average Bonchev–Trinajstić information content (AvgIpc) is 2.45. The van der Waals surface area contributed by atoms with Crippen LogP contribution in [0.3, 0.4) is 0 Å². The molecule has 1 aliphatic carbocycles. The number of alkyl halides is 3. The number of hydrogen-bond acceptors (Lipinski definition) is 3. The summed E-state index contributed by atoms with van der Waals surface area (Å²) in [6, 6.07) is 0. The van der Waals surface area contributed by atoms with Gasteiger partial charge in [0.2, 0.25) is 0 Å². The summed E-state index contributed by atoms with van der Waals surface area (Å²) in [5, 5.41) is 3.12. The topological polar surface area (TPSA) is 36.8 Å². The highest BCUT2D eigenvalue weighted by atomic mass is 19.4. The summed E-state index contributed by atoms with van der Waals surface area (Å²) in [4.78, 5) is 7.84. The largest absolute Gasteiger partial charge is 0.429 e. The van der Waals surface area contributed by atoms with Crippen LogP contribution in [0, 0.1) is 5.92 Å². The van der Waals surface area contributed by atoms with Gasteiger partial charge in [0.1, 0.15) is 11.5 Å². The number of amidine groups is 1. The van der Waals surface area contributed by atoms with E-state index in [0.29, 0.717) is 13.0 Å². The van der Waals surface area contributed by atoms with E-state index in [-0.39, 0.29) is 24.7 Å². The second-order valence-electron chi connectivity index (χ2n) is 5.16. The summed E-state index contributed by atoms with van der Waals surface area (Å²) in [7, 11) is 0. The Bertz CT molecular complexity index is 539. The minimum Gasteiger partial charge on any atom is -0.385 e. The van der Waals surface area contributed by atoms with Crippen LogP contribution in [0.25, 0.3) is 0 Å². The van der Waals surface area contributed by atoms with Crippen molar-refractivity contribution in [3.63, 3.8) is 0 Å². The number of nitrogens with zero attached hydrogens (tertiary/aromatic N) is 2. The third-order valence-electron chi connectivity index (χ3n) is 3.30. The van der Waals surface area contributed by atoms with Crippen LogP contribution in [0.4, 0.5) is 13.2 Å². The molecule has 0 saturated carbocycles. The first-order valence-electron chi connectivity index (χ1n) is 6.82. The van der Waals surface area contributed by atoms with Crippen LogP contribution in [0.1, 0.15) is 19.8 Å². The molecule has 6 heteroatoms. The zero-order valence-corrected chi connectivity index (χ0v) is 11.9. The molecule has 114 valence electrons. The van der Waals surface area contributed by atoms with Crippen molar-refractivity contribution in [2.45, 2.75) is 25.9 Å². The maximum atomic E-state index is 12.7. The van der Waals surface area contributed by atoms with Gasteiger partial charge in [0.05, 0.1) is 0 Å². The summed E-state index contributed by atoms with van der Waals surface area (Å²) < 4.78 is 38.1. The molecule has 2 rings (SSSR count). The van der Waals surface area contributed by atoms with Crippen molar-refractivity contribution < 1.29 is 13.2 Å². The first kappa shape index (κ1) is 15.5. The molecule has 0 fully saturated rings. The molecule has 1 N–H and O–H groups in total. The van der Waals surface area contributed by atoms with E-state index < -0.39 is 11.9 Å². The van der Waals surface area contributed by atoms with E-state index in [1.54, 1.807) is 0 Å². The molecule has 0 aromatic rings. The van der Waals surface area contributed by atoms with Gasteiger partial charge in [-0.3, -0.25) is 4.99 Å². The van der Waals surface area contributed by atoms with Crippen molar-refractivity contribution in [2.24, 2.45) is 15.9 Å². The zero-order chi connectivity index (χ0) is 15.5. The first-order chi connectivity index (χ1) is 9.86. The van der Waals surface area contributed by atoms with Crippen molar-refractivity contribution in [3.05, 3.63) is 36.1 Å². The van der Waals surface area contributed by atoms with Crippen LogP contribution in [-0.2, 0) is 0 Å². The van der Waals surface area contributed by atoms with Crippen LogP contribution in [0.15, 0.2) is 46.1 Å². The summed E-state index contributed by atoms with van der Waals surface area (Å²) in [6.07, 6.45) is 1.91. The lowest BCUT2D eigenvalue weighted by Gasteiger charge is -2.21. The van der Waals surface area contributed by atoms with Crippen LogP contribution < -0.4 is 5.32 Å². The minimum absolute atomic E-state index is 0.132. The lowest BCUT2D eigenvalue weighted by molar-refractivity contribution is -0.0604. The molecule has 0 bridgehead atoms. The SMILES string of the molecule is C=C(C)NCC1=CCC(C2=NCCC(C(F)(F)F)=N2)C=C1. The Labute approximate surface area is 122 Å². The van der Waals surface area contributed by atoms with Gasteiger partial charge in [-0.05, 0) is 18.9 Å². The summed E-state index contributed by atoms with van der Waals surface area (Å²) in [5.41, 5.74) is 1.24. The molecule has 2 aliphatic rings. The first-order valence-corrected chi connectivity index (χ1v) is 6.82. The van der Waals surface area contributed by atoms with E-state index >= 15 is 0 Å². The number of hydrogen-bond donors (Lipinski definition) is 1. The second kappa shape index (κ2) is 6.28. The molecule has 0 spiro atoms. The molecular weight excluding hydrogens is 279 g/mol. The fraction of sp³-hybridized carbons (Fsp3) is 0.467. The van der Waals surface area contributed by atoms with E-state index in [0.717, 1.165) is 11.3 Å². The summed E-state index contributed by atoms with van der Waals surface area (Å²) >= 11 is 0. The molecule has 0 radical (unpaired) electrons. The Hall–Kier alpha value is -1.85. The maximum Gasteiger partial charge on any atom is 0.429 e. The summed E-state index contributed by atoms with van der Waals surface area (Å²) in [5.74, 6) is 0.115. The van der Waals surface area contributed by atoms with E-state index in [2.05, 4.69) is 21.9 Å². The van der Waals surface area contributed by atoms with Crippen molar-refractivity contribution in [2.75, 3.05) is 13.1 Å². The Balaban J connectivity index is 2.00. The Morgan fingerprint density at radius 3 is 2.81 bits per heavy atom. The highest BCUT2D eigenvalue weighted by molar-refractivity contribution is 6.03. The summed E-state index contributed by atoms with van der Waals surface area (Å²) in [6.45, 7) is 6.46. The quantitative estimate of drug-likeness (QED) is 0.848. The van der Waals surface area contributed by atoms with Gasteiger partial charge in [0, 0.05) is 31.1 Å². The highest BCUT2D eigenvalue weighted by Gasteiger charge is 2.37.